The number of carbonyl (C=O) groups is 1. The molecule has 0 aliphatic carbocycles. The molecule has 4 rings (SSSR count). The Labute approximate surface area is 211 Å². The van der Waals surface area contributed by atoms with Gasteiger partial charge in [-0.1, -0.05) is 6.07 Å². The zero-order valence-corrected chi connectivity index (χ0v) is 20.1. The van der Waals surface area contributed by atoms with Crippen molar-refractivity contribution in [3.63, 3.8) is 0 Å². The van der Waals surface area contributed by atoms with E-state index >= 15 is 0 Å². The predicted octanol–water partition coefficient (Wildman–Crippen LogP) is 4.12. The van der Waals surface area contributed by atoms with Gasteiger partial charge in [-0.15, -0.1) is 0 Å². The third-order valence-electron chi connectivity index (χ3n) is 6.55. The van der Waals surface area contributed by atoms with Crippen LogP contribution in [0.4, 0.5) is 22.0 Å². The van der Waals surface area contributed by atoms with Crippen molar-refractivity contribution in [3.05, 3.63) is 53.0 Å². The van der Waals surface area contributed by atoms with Gasteiger partial charge in [-0.3, -0.25) is 9.78 Å². The lowest BCUT2D eigenvalue weighted by molar-refractivity contribution is -0.154. The van der Waals surface area contributed by atoms with Crippen LogP contribution in [-0.4, -0.2) is 71.9 Å². The number of nitrogens with zero attached hydrogens (tertiary/aromatic N) is 3. The Hall–Kier alpha value is -2.86. The van der Waals surface area contributed by atoms with Crippen molar-refractivity contribution in [2.24, 2.45) is 0 Å². The third kappa shape index (κ3) is 7.81. The quantitative estimate of drug-likeness (QED) is 0.520. The molecule has 2 aliphatic heterocycles. The molecule has 2 aromatic rings. The molecule has 0 spiro atoms. The minimum absolute atomic E-state index is 0.0178. The number of nitrogens with one attached hydrogen (secondary N) is 1. The first kappa shape index (κ1) is 27.2. The molecule has 2 aromatic heterocycles. The highest BCUT2D eigenvalue weighted by Crippen LogP contribution is 2.23. The molecule has 0 radical (unpaired) electrons. The average molecular weight is 529 g/mol. The second-order valence-corrected chi connectivity index (χ2v) is 9.23. The maximum Gasteiger partial charge on any atom is 0.422 e. The Morgan fingerprint density at radius 2 is 2.00 bits per heavy atom. The largest absolute Gasteiger partial charge is 0.468 e. The van der Waals surface area contributed by atoms with Crippen LogP contribution in [0, 0.1) is 0 Å². The molecule has 1 unspecified atom stereocenters. The monoisotopic (exact) mass is 528 g/mol. The lowest BCUT2D eigenvalue weighted by Crippen LogP contribution is -2.43. The number of hydrogen-bond acceptors (Lipinski definition) is 6. The minimum atomic E-state index is -4.41. The van der Waals surface area contributed by atoms with Gasteiger partial charge in [0.1, 0.15) is 5.69 Å². The fourth-order valence-electron chi connectivity index (χ4n) is 4.59. The van der Waals surface area contributed by atoms with Crippen molar-refractivity contribution in [1.82, 2.24) is 20.2 Å². The number of halogens is 5. The van der Waals surface area contributed by atoms with Gasteiger partial charge in [0.15, 0.2) is 6.61 Å². The van der Waals surface area contributed by atoms with E-state index in [0.29, 0.717) is 19.4 Å². The van der Waals surface area contributed by atoms with Crippen LogP contribution >= 0.6 is 0 Å². The van der Waals surface area contributed by atoms with Crippen LogP contribution < -0.4 is 10.1 Å². The summed E-state index contributed by atoms with van der Waals surface area (Å²) in [4.78, 5) is 22.6. The van der Waals surface area contributed by atoms with Crippen molar-refractivity contribution >= 4 is 5.91 Å². The lowest BCUT2D eigenvalue weighted by atomic mass is 10.0. The SMILES string of the molecule is O=C(N[C@H]1CCC(CCN2CCc3ccc(OCC(F)(F)F)nc3CC2)OC1)c1cccnc1C(F)F. The van der Waals surface area contributed by atoms with E-state index in [0.717, 1.165) is 50.2 Å². The number of hydrogen-bond donors (Lipinski definition) is 1. The van der Waals surface area contributed by atoms with E-state index in [1.54, 1.807) is 6.07 Å². The number of alkyl halides is 5. The molecule has 0 saturated carbocycles. The van der Waals surface area contributed by atoms with Crippen LogP contribution in [0.15, 0.2) is 30.5 Å². The Morgan fingerprint density at radius 1 is 1.19 bits per heavy atom. The first-order valence-electron chi connectivity index (χ1n) is 12.2. The second kappa shape index (κ2) is 12.1. The first-order valence-corrected chi connectivity index (χ1v) is 12.2. The third-order valence-corrected chi connectivity index (χ3v) is 6.55. The molecule has 2 atom stereocenters. The molecule has 1 N–H and O–H groups in total. The normalized spacial score (nSPS) is 20.8. The summed E-state index contributed by atoms with van der Waals surface area (Å²) < 4.78 is 74.2. The standard InChI is InChI=1S/C25H29F5N4O3/c26-23(27)22-19(2-1-10-31-22)24(35)32-17-4-5-18(36-14-17)8-12-34-11-7-16-3-6-21(33-20(16)9-13-34)37-15-25(28,29)30/h1-3,6,10,17-18,23H,4-5,7-9,11-15H2,(H,32,35)/t17-,18?/m0/s1. The van der Waals surface area contributed by atoms with E-state index in [1.807, 2.05) is 0 Å². The van der Waals surface area contributed by atoms with Gasteiger partial charge in [-0.2, -0.15) is 13.2 Å². The molecule has 7 nitrogen and oxygen atoms in total. The van der Waals surface area contributed by atoms with E-state index in [4.69, 9.17) is 9.47 Å². The fourth-order valence-corrected chi connectivity index (χ4v) is 4.59. The molecule has 1 saturated heterocycles. The van der Waals surface area contributed by atoms with E-state index in [2.05, 4.69) is 20.2 Å². The summed E-state index contributed by atoms with van der Waals surface area (Å²) in [6.45, 7) is 1.26. The van der Waals surface area contributed by atoms with E-state index < -0.39 is 30.8 Å². The van der Waals surface area contributed by atoms with Gasteiger partial charge < -0.3 is 19.7 Å². The Morgan fingerprint density at radius 3 is 2.73 bits per heavy atom. The number of amides is 1. The fraction of sp³-hybridized carbons (Fsp3) is 0.560. The number of pyridine rings is 2. The first-order chi connectivity index (χ1) is 17.7. The molecular formula is C25H29F5N4O3. The molecule has 2 aliphatic rings. The summed E-state index contributed by atoms with van der Waals surface area (Å²) in [6, 6.07) is 5.79. The Balaban J connectivity index is 1.20. The molecule has 0 bridgehead atoms. The van der Waals surface area contributed by atoms with Crippen LogP contribution in [0.5, 0.6) is 5.88 Å². The smallest absolute Gasteiger partial charge is 0.422 e. The van der Waals surface area contributed by atoms with Gasteiger partial charge in [-0.05, 0) is 43.4 Å². The minimum Gasteiger partial charge on any atom is -0.468 e. The molecule has 37 heavy (non-hydrogen) atoms. The van der Waals surface area contributed by atoms with Crippen molar-refractivity contribution in [2.45, 2.75) is 56.9 Å². The summed E-state index contributed by atoms with van der Waals surface area (Å²) in [5.74, 6) is -0.601. The van der Waals surface area contributed by atoms with Crippen molar-refractivity contribution in [2.75, 3.05) is 32.8 Å². The maximum atomic E-state index is 13.1. The van der Waals surface area contributed by atoms with Gasteiger partial charge in [-0.25, -0.2) is 13.8 Å². The molecular weight excluding hydrogens is 499 g/mol. The highest BCUT2D eigenvalue weighted by Gasteiger charge is 2.29. The maximum absolute atomic E-state index is 13.1. The van der Waals surface area contributed by atoms with E-state index in [9.17, 15) is 26.7 Å². The van der Waals surface area contributed by atoms with Crippen molar-refractivity contribution < 1.29 is 36.2 Å². The van der Waals surface area contributed by atoms with Crippen LogP contribution in [0.25, 0.3) is 0 Å². The van der Waals surface area contributed by atoms with Gasteiger partial charge in [0.25, 0.3) is 12.3 Å². The summed E-state index contributed by atoms with van der Waals surface area (Å²) in [7, 11) is 0. The average Bonchev–Trinajstić information content (AvgIpc) is 3.08. The zero-order chi connectivity index (χ0) is 26.4. The Bertz CT molecular complexity index is 1060. The van der Waals surface area contributed by atoms with Crippen molar-refractivity contribution in [3.8, 4) is 5.88 Å². The molecule has 4 heterocycles. The number of carbonyl (C=O) groups excluding carboxylic acids is 1. The molecule has 12 heteroatoms. The van der Waals surface area contributed by atoms with Crippen LogP contribution in [0.2, 0.25) is 0 Å². The summed E-state index contributed by atoms with van der Waals surface area (Å²) in [5.41, 5.74) is 1.11. The Kier molecular flexibility index (Phi) is 8.91. The number of rotatable bonds is 8. The van der Waals surface area contributed by atoms with E-state index in [-0.39, 0.29) is 23.6 Å². The molecule has 1 amide bonds. The number of fused-ring (bicyclic) bond motifs is 1. The summed E-state index contributed by atoms with van der Waals surface area (Å²) in [5, 5.41) is 2.77. The summed E-state index contributed by atoms with van der Waals surface area (Å²) >= 11 is 0. The van der Waals surface area contributed by atoms with Gasteiger partial charge in [0.05, 0.1) is 24.3 Å². The highest BCUT2D eigenvalue weighted by molar-refractivity contribution is 5.95. The number of ether oxygens (including phenoxy) is 2. The molecule has 1 fully saturated rings. The molecule has 0 aromatic carbocycles. The van der Waals surface area contributed by atoms with Gasteiger partial charge >= 0.3 is 6.18 Å². The molecule has 202 valence electrons. The predicted molar refractivity (Wildman–Crippen MR) is 124 cm³/mol. The number of aromatic nitrogens is 2. The van der Waals surface area contributed by atoms with Gasteiger partial charge in [0.2, 0.25) is 5.88 Å². The lowest BCUT2D eigenvalue weighted by Gasteiger charge is -2.31. The van der Waals surface area contributed by atoms with Crippen LogP contribution in [-0.2, 0) is 17.6 Å². The second-order valence-electron chi connectivity index (χ2n) is 9.23. The van der Waals surface area contributed by atoms with Crippen LogP contribution in [0.3, 0.4) is 0 Å². The van der Waals surface area contributed by atoms with Crippen molar-refractivity contribution in [1.29, 1.82) is 0 Å². The van der Waals surface area contributed by atoms with Gasteiger partial charge in [0, 0.05) is 44.0 Å². The summed E-state index contributed by atoms with van der Waals surface area (Å²) in [6.07, 6.45) is -2.42. The topological polar surface area (TPSA) is 76.6 Å². The van der Waals surface area contributed by atoms with E-state index in [1.165, 1.54) is 24.4 Å². The van der Waals surface area contributed by atoms with Crippen LogP contribution in [0.1, 0.15) is 53.0 Å². The highest BCUT2D eigenvalue weighted by atomic mass is 19.4. The zero-order valence-electron chi connectivity index (χ0n) is 20.1.